The lowest BCUT2D eigenvalue weighted by Crippen LogP contribution is -2.50. The van der Waals surface area contributed by atoms with Crippen LogP contribution in [0.4, 0.5) is 15.0 Å². The zero-order valence-electron chi connectivity index (χ0n) is 11.1. The number of alkyl halides is 1. The third-order valence-electron chi connectivity index (χ3n) is 3.46. The SMILES string of the molecule is O=C(O)N1CC[C@@H](F)[C@@H](Nc2nc(Cl)nc3n[nH]c(Cl)c23)C1. The first kappa shape index (κ1) is 15.0. The van der Waals surface area contributed by atoms with Crippen molar-refractivity contribution in [3.8, 4) is 0 Å². The zero-order chi connectivity index (χ0) is 15.9. The number of aromatic amines is 1. The van der Waals surface area contributed by atoms with E-state index in [-0.39, 0.29) is 41.4 Å². The summed E-state index contributed by atoms with van der Waals surface area (Å²) in [4.78, 5) is 20.1. The number of amides is 1. The number of nitrogens with zero attached hydrogens (tertiary/aromatic N) is 4. The second kappa shape index (κ2) is 5.73. The Morgan fingerprint density at radius 3 is 2.95 bits per heavy atom. The standard InChI is InChI=1S/C11H11Cl2FN6O2/c12-7-6-8(16-10(13)17-9(6)19-18-7)15-5-3-20(11(21)22)2-1-4(5)14/h4-5H,1-3H2,(H,21,22)(H2,15,16,17,18,19)/t4-,5+/m1/s1. The van der Waals surface area contributed by atoms with Crippen molar-refractivity contribution < 1.29 is 14.3 Å². The maximum absolute atomic E-state index is 14.1. The van der Waals surface area contributed by atoms with Gasteiger partial charge in [-0.2, -0.15) is 15.1 Å². The van der Waals surface area contributed by atoms with Gasteiger partial charge in [0.2, 0.25) is 5.28 Å². The molecule has 1 aliphatic rings. The quantitative estimate of drug-likeness (QED) is 0.718. The summed E-state index contributed by atoms with van der Waals surface area (Å²) >= 11 is 11.8. The van der Waals surface area contributed by atoms with E-state index < -0.39 is 18.3 Å². The second-order valence-electron chi connectivity index (χ2n) is 4.86. The molecule has 3 heterocycles. The fourth-order valence-electron chi connectivity index (χ4n) is 2.38. The average molecular weight is 349 g/mol. The molecule has 3 N–H and O–H groups in total. The summed E-state index contributed by atoms with van der Waals surface area (Å²) in [5.41, 5.74) is 0.244. The summed E-state index contributed by atoms with van der Waals surface area (Å²) in [7, 11) is 0. The molecule has 1 amide bonds. The Hall–Kier alpha value is -1.87. The molecule has 0 spiro atoms. The summed E-state index contributed by atoms with van der Waals surface area (Å²) in [5, 5.41) is 18.8. The van der Waals surface area contributed by atoms with Crippen molar-refractivity contribution in [1.82, 2.24) is 25.1 Å². The Bertz CT molecular complexity index is 726. The van der Waals surface area contributed by atoms with Crippen molar-refractivity contribution in [2.75, 3.05) is 18.4 Å². The van der Waals surface area contributed by atoms with E-state index in [2.05, 4.69) is 25.5 Å². The topological polar surface area (TPSA) is 107 Å². The van der Waals surface area contributed by atoms with Crippen LogP contribution >= 0.6 is 23.2 Å². The van der Waals surface area contributed by atoms with Gasteiger partial charge in [-0.25, -0.2) is 9.18 Å². The number of nitrogens with one attached hydrogen (secondary N) is 2. The van der Waals surface area contributed by atoms with E-state index in [1.54, 1.807) is 0 Å². The highest BCUT2D eigenvalue weighted by Crippen LogP contribution is 2.29. The molecule has 1 saturated heterocycles. The molecule has 3 rings (SSSR count). The number of piperidine rings is 1. The Morgan fingerprint density at radius 1 is 1.45 bits per heavy atom. The Labute approximate surface area is 133 Å². The van der Waals surface area contributed by atoms with E-state index in [9.17, 15) is 9.18 Å². The molecular weight excluding hydrogens is 338 g/mol. The van der Waals surface area contributed by atoms with Crippen LogP contribution in [0.25, 0.3) is 11.0 Å². The molecule has 0 aromatic carbocycles. The Kier molecular flexibility index (Phi) is 3.92. The lowest BCUT2D eigenvalue weighted by Gasteiger charge is -2.34. The number of halogens is 3. The fourth-order valence-corrected chi connectivity index (χ4v) is 2.76. The highest BCUT2D eigenvalue weighted by atomic mass is 35.5. The Morgan fingerprint density at radius 2 is 2.23 bits per heavy atom. The van der Waals surface area contributed by atoms with E-state index in [0.717, 1.165) is 4.90 Å². The highest BCUT2D eigenvalue weighted by Gasteiger charge is 2.32. The Balaban J connectivity index is 1.91. The minimum Gasteiger partial charge on any atom is -0.465 e. The number of carboxylic acid groups (broad SMARTS) is 1. The molecular formula is C11H11Cl2FN6O2. The number of H-pyrrole nitrogens is 1. The van der Waals surface area contributed by atoms with Gasteiger partial charge in [0.15, 0.2) is 5.65 Å². The number of hydrogen-bond acceptors (Lipinski definition) is 5. The predicted octanol–water partition coefficient (Wildman–Crippen LogP) is 2.16. The smallest absolute Gasteiger partial charge is 0.407 e. The van der Waals surface area contributed by atoms with E-state index in [4.69, 9.17) is 28.3 Å². The summed E-state index contributed by atoms with van der Waals surface area (Å²) in [6.45, 7) is 0.149. The molecule has 1 aliphatic heterocycles. The summed E-state index contributed by atoms with van der Waals surface area (Å²) < 4.78 is 14.1. The molecule has 0 unspecified atom stereocenters. The lowest BCUT2D eigenvalue weighted by molar-refractivity contribution is 0.108. The minimum absolute atomic E-state index is 0.00488. The van der Waals surface area contributed by atoms with Gasteiger partial charge in [0.1, 0.15) is 22.5 Å². The van der Waals surface area contributed by atoms with E-state index in [0.29, 0.717) is 5.39 Å². The van der Waals surface area contributed by atoms with Crippen molar-refractivity contribution in [3.63, 3.8) is 0 Å². The van der Waals surface area contributed by atoms with Crippen LogP contribution in [0.3, 0.4) is 0 Å². The predicted molar refractivity (Wildman–Crippen MR) is 78.2 cm³/mol. The van der Waals surface area contributed by atoms with Crippen molar-refractivity contribution in [2.45, 2.75) is 18.6 Å². The third-order valence-corrected chi connectivity index (χ3v) is 3.91. The van der Waals surface area contributed by atoms with Crippen LogP contribution in [-0.2, 0) is 0 Å². The van der Waals surface area contributed by atoms with Gasteiger partial charge in [0.05, 0.1) is 6.04 Å². The van der Waals surface area contributed by atoms with Crippen LogP contribution in [0.2, 0.25) is 10.4 Å². The number of anilines is 1. The van der Waals surface area contributed by atoms with E-state index in [1.807, 2.05) is 0 Å². The number of likely N-dealkylation sites (tertiary alicyclic amines) is 1. The van der Waals surface area contributed by atoms with Gasteiger partial charge in [-0.15, -0.1) is 0 Å². The maximum atomic E-state index is 14.1. The van der Waals surface area contributed by atoms with Crippen molar-refractivity contribution in [3.05, 3.63) is 10.4 Å². The van der Waals surface area contributed by atoms with E-state index >= 15 is 0 Å². The molecule has 0 radical (unpaired) electrons. The molecule has 11 heteroatoms. The maximum Gasteiger partial charge on any atom is 0.407 e. The van der Waals surface area contributed by atoms with Gasteiger partial charge in [-0.05, 0) is 18.0 Å². The number of rotatable bonds is 2. The number of carbonyl (C=O) groups is 1. The normalized spacial score (nSPS) is 22.0. The summed E-state index contributed by atoms with van der Waals surface area (Å²) in [6.07, 6.45) is -2.21. The largest absolute Gasteiger partial charge is 0.465 e. The molecule has 0 bridgehead atoms. The van der Waals surface area contributed by atoms with Crippen LogP contribution in [-0.4, -0.2) is 61.6 Å². The van der Waals surface area contributed by atoms with Crippen LogP contribution in [0, 0.1) is 0 Å². The molecule has 0 saturated carbocycles. The van der Waals surface area contributed by atoms with Crippen LogP contribution < -0.4 is 5.32 Å². The first-order valence-electron chi connectivity index (χ1n) is 6.41. The van der Waals surface area contributed by atoms with Gasteiger partial charge >= 0.3 is 6.09 Å². The molecule has 22 heavy (non-hydrogen) atoms. The number of fused-ring (bicyclic) bond motifs is 1. The molecule has 1 fully saturated rings. The number of hydrogen-bond donors (Lipinski definition) is 3. The molecule has 2 atom stereocenters. The van der Waals surface area contributed by atoms with Gasteiger partial charge in [-0.1, -0.05) is 11.6 Å². The number of aromatic nitrogens is 4. The molecule has 2 aromatic rings. The van der Waals surface area contributed by atoms with Crippen molar-refractivity contribution in [2.24, 2.45) is 0 Å². The first-order chi connectivity index (χ1) is 10.5. The fraction of sp³-hybridized carbons (Fsp3) is 0.455. The molecule has 2 aromatic heterocycles. The van der Waals surface area contributed by atoms with Gasteiger partial charge in [-0.3, -0.25) is 5.10 Å². The van der Waals surface area contributed by atoms with Crippen molar-refractivity contribution in [1.29, 1.82) is 0 Å². The molecule has 118 valence electrons. The van der Waals surface area contributed by atoms with Crippen molar-refractivity contribution >= 4 is 46.1 Å². The summed E-state index contributed by atoms with van der Waals surface area (Å²) in [6, 6.07) is -0.759. The van der Waals surface area contributed by atoms with Gasteiger partial charge in [0.25, 0.3) is 0 Å². The lowest BCUT2D eigenvalue weighted by atomic mass is 10.0. The van der Waals surface area contributed by atoms with Crippen LogP contribution in [0.1, 0.15) is 6.42 Å². The minimum atomic E-state index is -1.22. The van der Waals surface area contributed by atoms with Crippen LogP contribution in [0.15, 0.2) is 0 Å². The average Bonchev–Trinajstić information content (AvgIpc) is 2.82. The van der Waals surface area contributed by atoms with Gasteiger partial charge in [0, 0.05) is 13.1 Å². The third kappa shape index (κ3) is 2.73. The van der Waals surface area contributed by atoms with E-state index in [1.165, 1.54) is 0 Å². The van der Waals surface area contributed by atoms with Crippen LogP contribution in [0.5, 0.6) is 0 Å². The highest BCUT2D eigenvalue weighted by molar-refractivity contribution is 6.35. The molecule has 8 nitrogen and oxygen atoms in total. The zero-order valence-corrected chi connectivity index (χ0v) is 12.6. The van der Waals surface area contributed by atoms with Gasteiger partial charge < -0.3 is 15.3 Å². The monoisotopic (exact) mass is 348 g/mol. The second-order valence-corrected chi connectivity index (χ2v) is 5.58. The summed E-state index contributed by atoms with van der Waals surface area (Å²) in [5.74, 6) is 0.216. The molecule has 0 aliphatic carbocycles. The first-order valence-corrected chi connectivity index (χ1v) is 7.17.